The maximum absolute atomic E-state index is 4.46. The summed E-state index contributed by atoms with van der Waals surface area (Å²) in [5.74, 6) is 0. The van der Waals surface area contributed by atoms with Crippen LogP contribution in [0.5, 0.6) is 0 Å². The molecule has 16 heavy (non-hydrogen) atoms. The van der Waals surface area contributed by atoms with Gasteiger partial charge in [0.1, 0.15) is 0 Å². The zero-order valence-corrected chi connectivity index (χ0v) is 9.99. The van der Waals surface area contributed by atoms with Crippen molar-refractivity contribution in [2.75, 3.05) is 5.43 Å². The number of aryl methyl sites for hydroxylation is 3. The van der Waals surface area contributed by atoms with E-state index in [0.29, 0.717) is 0 Å². The summed E-state index contributed by atoms with van der Waals surface area (Å²) in [5, 5.41) is 0. The van der Waals surface area contributed by atoms with Gasteiger partial charge in [-0.3, -0.25) is 9.66 Å². The Hall–Kier alpha value is -1.77. The number of nitrogens with one attached hydrogen (secondary N) is 1. The van der Waals surface area contributed by atoms with Crippen LogP contribution in [-0.4, -0.2) is 9.66 Å². The summed E-state index contributed by atoms with van der Waals surface area (Å²) in [6.45, 7) is 6.93. The molecule has 0 aliphatic rings. The molecule has 0 unspecified atom stereocenters. The van der Waals surface area contributed by atoms with Gasteiger partial charge in [0.2, 0.25) is 0 Å². The molecular weight excluding hydrogens is 198 g/mol. The Balaban J connectivity index is 2.08. The van der Waals surface area contributed by atoms with E-state index in [1.165, 1.54) is 11.4 Å². The van der Waals surface area contributed by atoms with E-state index in [9.17, 15) is 0 Å². The van der Waals surface area contributed by atoms with Crippen LogP contribution >= 0.6 is 0 Å². The predicted octanol–water partition coefficient (Wildman–Crippen LogP) is 2.55. The first-order valence-corrected chi connectivity index (χ1v) is 5.48. The van der Waals surface area contributed by atoms with Gasteiger partial charge >= 0.3 is 0 Å². The van der Waals surface area contributed by atoms with E-state index >= 15 is 0 Å². The summed E-state index contributed by atoms with van der Waals surface area (Å²) >= 11 is 0. The fourth-order valence-electron chi connectivity index (χ4n) is 1.78. The highest BCUT2D eigenvalue weighted by atomic mass is 15.4. The Morgan fingerprint density at radius 1 is 1.06 bits per heavy atom. The molecule has 0 aliphatic heterocycles. The molecule has 0 aromatic carbocycles. The molecular formula is C13H17N3. The highest BCUT2D eigenvalue weighted by Gasteiger charge is 2.00. The average molecular weight is 215 g/mol. The normalized spacial score (nSPS) is 10.4. The van der Waals surface area contributed by atoms with Gasteiger partial charge in [-0.15, -0.1) is 0 Å². The third-order valence-corrected chi connectivity index (χ3v) is 2.64. The number of pyridine rings is 1. The molecule has 2 heterocycles. The second-order valence-corrected chi connectivity index (χ2v) is 4.06. The summed E-state index contributed by atoms with van der Waals surface area (Å²) < 4.78 is 2.09. The van der Waals surface area contributed by atoms with Crippen LogP contribution in [0.15, 0.2) is 30.3 Å². The molecule has 0 saturated heterocycles. The van der Waals surface area contributed by atoms with Gasteiger partial charge in [0.05, 0.1) is 12.2 Å². The van der Waals surface area contributed by atoms with Gasteiger partial charge in [0.15, 0.2) is 0 Å². The molecule has 2 aromatic heterocycles. The number of aromatic nitrogens is 2. The lowest BCUT2D eigenvalue weighted by molar-refractivity contribution is 0.779. The monoisotopic (exact) mass is 215 g/mol. The summed E-state index contributed by atoms with van der Waals surface area (Å²) in [7, 11) is 0. The summed E-state index contributed by atoms with van der Waals surface area (Å²) in [5.41, 5.74) is 7.90. The zero-order chi connectivity index (χ0) is 11.5. The molecule has 0 radical (unpaired) electrons. The van der Waals surface area contributed by atoms with Crippen molar-refractivity contribution in [3.63, 3.8) is 0 Å². The van der Waals surface area contributed by atoms with Crippen LogP contribution in [0.3, 0.4) is 0 Å². The van der Waals surface area contributed by atoms with E-state index in [2.05, 4.69) is 41.1 Å². The highest BCUT2D eigenvalue weighted by molar-refractivity contribution is 5.17. The Kier molecular flexibility index (Phi) is 2.95. The molecule has 2 aromatic rings. The predicted molar refractivity (Wildman–Crippen MR) is 65.9 cm³/mol. The molecule has 1 N–H and O–H groups in total. The van der Waals surface area contributed by atoms with Crippen molar-refractivity contribution in [1.82, 2.24) is 9.66 Å². The first-order valence-electron chi connectivity index (χ1n) is 5.48. The lowest BCUT2D eigenvalue weighted by Crippen LogP contribution is -2.17. The average Bonchev–Trinajstić information content (AvgIpc) is 2.56. The van der Waals surface area contributed by atoms with E-state index in [1.807, 2.05) is 25.1 Å². The second kappa shape index (κ2) is 4.39. The molecule has 0 atom stereocenters. The summed E-state index contributed by atoms with van der Waals surface area (Å²) in [6, 6.07) is 10.3. The van der Waals surface area contributed by atoms with Crippen molar-refractivity contribution >= 4 is 0 Å². The van der Waals surface area contributed by atoms with Crippen molar-refractivity contribution in [2.24, 2.45) is 0 Å². The zero-order valence-electron chi connectivity index (χ0n) is 9.99. The van der Waals surface area contributed by atoms with Gasteiger partial charge in [-0.1, -0.05) is 6.07 Å². The molecule has 0 spiro atoms. The first kappa shape index (κ1) is 10.7. The summed E-state index contributed by atoms with van der Waals surface area (Å²) in [4.78, 5) is 4.46. The first-order chi connectivity index (χ1) is 7.66. The fourth-order valence-corrected chi connectivity index (χ4v) is 1.78. The maximum atomic E-state index is 4.46. The minimum Gasteiger partial charge on any atom is -0.320 e. The molecule has 2 rings (SSSR count). The smallest absolute Gasteiger partial charge is 0.0736 e. The van der Waals surface area contributed by atoms with E-state index < -0.39 is 0 Å². The van der Waals surface area contributed by atoms with E-state index in [-0.39, 0.29) is 0 Å². The maximum Gasteiger partial charge on any atom is 0.0736 e. The van der Waals surface area contributed by atoms with Crippen LogP contribution in [-0.2, 0) is 6.54 Å². The van der Waals surface area contributed by atoms with E-state index in [4.69, 9.17) is 0 Å². The molecule has 0 fully saturated rings. The standard InChI is InChI=1S/C13H17N3/c1-10-5-4-6-13(15-10)9-14-16-11(2)7-8-12(16)3/h4-8,14H,9H2,1-3H3. The van der Waals surface area contributed by atoms with Gasteiger partial charge in [0.25, 0.3) is 0 Å². The number of hydrogen-bond acceptors (Lipinski definition) is 2. The van der Waals surface area contributed by atoms with Crippen LogP contribution < -0.4 is 5.43 Å². The van der Waals surface area contributed by atoms with Crippen molar-refractivity contribution in [3.8, 4) is 0 Å². The van der Waals surface area contributed by atoms with E-state index in [1.54, 1.807) is 0 Å². The quantitative estimate of drug-likeness (QED) is 0.852. The highest BCUT2D eigenvalue weighted by Crippen LogP contribution is 2.05. The second-order valence-electron chi connectivity index (χ2n) is 4.06. The number of nitrogens with zero attached hydrogens (tertiary/aromatic N) is 2. The third kappa shape index (κ3) is 2.24. The topological polar surface area (TPSA) is 29.9 Å². The molecule has 3 heteroatoms. The number of rotatable bonds is 3. The minimum atomic E-state index is 0.748. The lowest BCUT2D eigenvalue weighted by atomic mass is 10.3. The van der Waals surface area contributed by atoms with Crippen LogP contribution in [0.1, 0.15) is 22.8 Å². The SMILES string of the molecule is Cc1cccc(CNn2c(C)ccc2C)n1. The number of hydrogen-bond donors (Lipinski definition) is 1. The van der Waals surface area contributed by atoms with Crippen molar-refractivity contribution in [1.29, 1.82) is 0 Å². The van der Waals surface area contributed by atoms with E-state index in [0.717, 1.165) is 17.9 Å². The van der Waals surface area contributed by atoms with Crippen LogP contribution in [0.4, 0.5) is 0 Å². The van der Waals surface area contributed by atoms with Gasteiger partial charge in [-0.2, -0.15) is 0 Å². The molecule has 0 amide bonds. The summed E-state index contributed by atoms with van der Waals surface area (Å²) in [6.07, 6.45) is 0. The van der Waals surface area contributed by atoms with Gasteiger partial charge in [-0.25, -0.2) is 0 Å². The molecule has 0 bridgehead atoms. The van der Waals surface area contributed by atoms with Crippen molar-refractivity contribution in [3.05, 3.63) is 53.1 Å². The molecule has 3 nitrogen and oxygen atoms in total. The third-order valence-electron chi connectivity index (χ3n) is 2.64. The Labute approximate surface area is 96.1 Å². The van der Waals surface area contributed by atoms with Gasteiger partial charge in [-0.05, 0) is 45.0 Å². The molecule has 0 aliphatic carbocycles. The van der Waals surface area contributed by atoms with Crippen molar-refractivity contribution < 1.29 is 0 Å². The van der Waals surface area contributed by atoms with Gasteiger partial charge in [0, 0.05) is 17.1 Å². The van der Waals surface area contributed by atoms with Crippen LogP contribution in [0, 0.1) is 20.8 Å². The Morgan fingerprint density at radius 2 is 1.75 bits per heavy atom. The van der Waals surface area contributed by atoms with Crippen LogP contribution in [0.25, 0.3) is 0 Å². The van der Waals surface area contributed by atoms with Crippen molar-refractivity contribution in [2.45, 2.75) is 27.3 Å². The largest absolute Gasteiger partial charge is 0.320 e. The Bertz CT molecular complexity index is 466. The molecule has 0 saturated carbocycles. The lowest BCUT2D eigenvalue weighted by Gasteiger charge is -2.12. The Morgan fingerprint density at radius 3 is 2.38 bits per heavy atom. The van der Waals surface area contributed by atoms with Crippen LogP contribution in [0.2, 0.25) is 0 Å². The molecule has 84 valence electrons. The van der Waals surface area contributed by atoms with Gasteiger partial charge < -0.3 is 5.43 Å². The fraction of sp³-hybridized carbons (Fsp3) is 0.308. The minimum absolute atomic E-state index is 0.748.